The molecule has 0 saturated heterocycles. The number of benzene rings is 1. The van der Waals surface area contributed by atoms with Crippen LogP contribution in [0.4, 0.5) is 0 Å². The van der Waals surface area contributed by atoms with Crippen LogP contribution in [-0.4, -0.2) is 28.5 Å². The summed E-state index contributed by atoms with van der Waals surface area (Å²) in [5, 5.41) is 27.1. The van der Waals surface area contributed by atoms with Crippen LogP contribution in [0.1, 0.15) is 24.9 Å². The lowest BCUT2D eigenvalue weighted by molar-refractivity contribution is 0.280. The van der Waals surface area contributed by atoms with Gasteiger partial charge in [0, 0.05) is 19.2 Å². The summed E-state index contributed by atoms with van der Waals surface area (Å²) in [6.07, 6.45) is 0.681. The number of aliphatic hydroxyl groups excluding tert-OH is 1. The normalized spacial score (nSPS) is 12.6. The summed E-state index contributed by atoms with van der Waals surface area (Å²) >= 11 is 0. The lowest BCUT2D eigenvalue weighted by Gasteiger charge is -2.15. The van der Waals surface area contributed by atoms with E-state index < -0.39 is 0 Å². The van der Waals surface area contributed by atoms with Gasteiger partial charge >= 0.3 is 0 Å². The molecule has 1 aromatic carbocycles. The van der Waals surface area contributed by atoms with Crippen LogP contribution in [0.3, 0.4) is 0 Å². The zero-order valence-corrected chi connectivity index (χ0v) is 9.27. The number of phenols is 2. The second kappa shape index (κ2) is 6.32. The molecule has 0 aliphatic rings. The van der Waals surface area contributed by atoms with E-state index in [4.69, 9.17) is 10.2 Å². The summed E-state index contributed by atoms with van der Waals surface area (Å²) in [5.41, 5.74) is 6.86. The minimum Gasteiger partial charge on any atom is -0.504 e. The third-order valence-electron chi connectivity index (χ3n) is 2.28. The van der Waals surface area contributed by atoms with E-state index in [0.29, 0.717) is 13.0 Å². The van der Waals surface area contributed by atoms with Crippen molar-refractivity contribution >= 4 is 0 Å². The monoisotopic (exact) mass is 226 g/mol. The zero-order chi connectivity index (χ0) is 12.0. The van der Waals surface area contributed by atoms with Crippen LogP contribution >= 0.6 is 0 Å². The molecule has 16 heavy (non-hydrogen) atoms. The first-order valence-electron chi connectivity index (χ1n) is 5.26. The molecule has 0 aromatic heterocycles. The van der Waals surface area contributed by atoms with Gasteiger partial charge in [-0.2, -0.15) is 0 Å². The molecule has 0 aliphatic carbocycles. The molecule has 1 rings (SSSR count). The molecule has 0 fully saturated rings. The zero-order valence-electron chi connectivity index (χ0n) is 9.27. The molecule has 1 unspecified atom stereocenters. The SMILES string of the molecule is CC(NNCCCO)c1ccc(O)c(O)c1. The minimum absolute atomic E-state index is 0.00481. The van der Waals surface area contributed by atoms with Gasteiger partial charge in [-0.3, -0.25) is 10.9 Å². The van der Waals surface area contributed by atoms with Crippen molar-refractivity contribution in [3.8, 4) is 11.5 Å². The highest BCUT2D eigenvalue weighted by atomic mass is 16.3. The lowest BCUT2D eigenvalue weighted by atomic mass is 10.1. The van der Waals surface area contributed by atoms with E-state index in [0.717, 1.165) is 5.56 Å². The van der Waals surface area contributed by atoms with Crippen LogP contribution in [0.15, 0.2) is 18.2 Å². The molecule has 0 bridgehead atoms. The van der Waals surface area contributed by atoms with Crippen molar-refractivity contribution in [2.45, 2.75) is 19.4 Å². The average molecular weight is 226 g/mol. The molecule has 90 valence electrons. The maximum Gasteiger partial charge on any atom is 0.157 e. The van der Waals surface area contributed by atoms with Crippen molar-refractivity contribution in [1.82, 2.24) is 10.9 Å². The third-order valence-corrected chi connectivity index (χ3v) is 2.28. The van der Waals surface area contributed by atoms with Crippen LogP contribution in [0.25, 0.3) is 0 Å². The van der Waals surface area contributed by atoms with Gasteiger partial charge in [0.1, 0.15) is 0 Å². The first-order valence-corrected chi connectivity index (χ1v) is 5.26. The van der Waals surface area contributed by atoms with Crippen molar-refractivity contribution in [2.24, 2.45) is 0 Å². The molecular weight excluding hydrogens is 208 g/mol. The number of nitrogens with one attached hydrogen (secondary N) is 2. The highest BCUT2D eigenvalue weighted by Crippen LogP contribution is 2.27. The molecule has 0 spiro atoms. The van der Waals surface area contributed by atoms with Gasteiger partial charge in [-0.25, -0.2) is 0 Å². The van der Waals surface area contributed by atoms with Crippen LogP contribution in [0, 0.1) is 0 Å². The minimum atomic E-state index is -0.124. The topological polar surface area (TPSA) is 84.8 Å². The van der Waals surface area contributed by atoms with Crippen molar-refractivity contribution in [1.29, 1.82) is 0 Å². The maximum atomic E-state index is 9.33. The van der Waals surface area contributed by atoms with Crippen LogP contribution in [0.5, 0.6) is 11.5 Å². The van der Waals surface area contributed by atoms with Crippen LogP contribution in [-0.2, 0) is 0 Å². The molecule has 0 aliphatic heterocycles. The summed E-state index contributed by atoms with van der Waals surface area (Å²) in [6, 6.07) is 4.71. The molecule has 0 amide bonds. The fraction of sp³-hybridized carbons (Fsp3) is 0.455. The Morgan fingerprint density at radius 1 is 1.25 bits per heavy atom. The second-order valence-corrected chi connectivity index (χ2v) is 3.62. The molecule has 5 heteroatoms. The molecule has 1 aromatic rings. The molecule has 5 N–H and O–H groups in total. The van der Waals surface area contributed by atoms with E-state index in [1.807, 2.05) is 6.92 Å². The summed E-state index contributed by atoms with van der Waals surface area (Å²) in [7, 11) is 0. The van der Waals surface area contributed by atoms with Crippen molar-refractivity contribution in [3.05, 3.63) is 23.8 Å². The number of rotatable bonds is 6. The van der Waals surface area contributed by atoms with E-state index in [1.54, 1.807) is 6.07 Å². The van der Waals surface area contributed by atoms with E-state index >= 15 is 0 Å². The fourth-order valence-electron chi connectivity index (χ4n) is 1.29. The van der Waals surface area contributed by atoms with E-state index in [2.05, 4.69) is 10.9 Å². The van der Waals surface area contributed by atoms with E-state index in [-0.39, 0.29) is 24.1 Å². The predicted octanol–water partition coefficient (Wildman–Crippen LogP) is 0.635. The number of aliphatic hydroxyl groups is 1. The largest absolute Gasteiger partial charge is 0.504 e. The summed E-state index contributed by atoms with van der Waals surface area (Å²) in [6.45, 7) is 2.76. The Morgan fingerprint density at radius 3 is 2.62 bits per heavy atom. The predicted molar refractivity (Wildman–Crippen MR) is 61.0 cm³/mol. The summed E-state index contributed by atoms with van der Waals surface area (Å²) < 4.78 is 0. The molecule has 1 atom stereocenters. The van der Waals surface area contributed by atoms with Gasteiger partial charge in [-0.05, 0) is 31.0 Å². The highest BCUT2D eigenvalue weighted by Gasteiger charge is 2.07. The Labute approximate surface area is 94.7 Å². The second-order valence-electron chi connectivity index (χ2n) is 3.62. The van der Waals surface area contributed by atoms with Gasteiger partial charge in [0.05, 0.1) is 0 Å². The van der Waals surface area contributed by atoms with E-state index in [9.17, 15) is 5.11 Å². The Hall–Kier alpha value is -1.30. The average Bonchev–Trinajstić information content (AvgIpc) is 2.28. The van der Waals surface area contributed by atoms with Gasteiger partial charge in [0.25, 0.3) is 0 Å². The molecule has 0 radical (unpaired) electrons. The van der Waals surface area contributed by atoms with Gasteiger partial charge < -0.3 is 15.3 Å². The lowest BCUT2D eigenvalue weighted by Crippen LogP contribution is -2.35. The molecular formula is C11H18N2O3. The maximum absolute atomic E-state index is 9.33. The Kier molecular flexibility index (Phi) is 5.04. The first kappa shape index (κ1) is 12.8. The third kappa shape index (κ3) is 3.69. The van der Waals surface area contributed by atoms with Crippen molar-refractivity contribution in [3.63, 3.8) is 0 Å². The number of phenolic OH excluding ortho intramolecular Hbond substituents is 2. The van der Waals surface area contributed by atoms with E-state index in [1.165, 1.54) is 12.1 Å². The van der Waals surface area contributed by atoms with Gasteiger partial charge in [0.2, 0.25) is 0 Å². The van der Waals surface area contributed by atoms with Gasteiger partial charge in [0.15, 0.2) is 11.5 Å². The summed E-state index contributed by atoms with van der Waals surface area (Å²) in [5.74, 6) is -0.245. The quantitative estimate of drug-likeness (QED) is 0.279. The number of hydrogen-bond donors (Lipinski definition) is 5. The molecule has 5 nitrogen and oxygen atoms in total. The van der Waals surface area contributed by atoms with Crippen LogP contribution in [0.2, 0.25) is 0 Å². The summed E-state index contributed by atoms with van der Waals surface area (Å²) in [4.78, 5) is 0. The van der Waals surface area contributed by atoms with Crippen molar-refractivity contribution < 1.29 is 15.3 Å². The highest BCUT2D eigenvalue weighted by molar-refractivity contribution is 5.41. The fourth-order valence-corrected chi connectivity index (χ4v) is 1.29. The molecule has 0 heterocycles. The Bertz CT molecular complexity index is 331. The molecule has 0 saturated carbocycles. The Morgan fingerprint density at radius 2 is 2.00 bits per heavy atom. The first-order chi connectivity index (χ1) is 7.65. The standard InChI is InChI=1S/C11H18N2O3/c1-8(13-12-5-2-6-14)9-3-4-10(15)11(16)7-9/h3-4,7-8,12-16H,2,5-6H2,1H3. The van der Waals surface area contributed by atoms with Crippen molar-refractivity contribution in [2.75, 3.05) is 13.2 Å². The van der Waals surface area contributed by atoms with Gasteiger partial charge in [-0.1, -0.05) is 6.07 Å². The number of hydrogen-bond acceptors (Lipinski definition) is 5. The number of aromatic hydroxyl groups is 2. The Balaban J connectivity index is 2.46. The van der Waals surface area contributed by atoms with Gasteiger partial charge in [-0.15, -0.1) is 0 Å². The number of hydrazine groups is 1. The smallest absolute Gasteiger partial charge is 0.157 e. The van der Waals surface area contributed by atoms with Crippen LogP contribution < -0.4 is 10.9 Å².